The van der Waals surface area contributed by atoms with Crippen molar-refractivity contribution in [1.82, 2.24) is 9.97 Å². The lowest BCUT2D eigenvalue weighted by atomic mass is 10.0. The van der Waals surface area contributed by atoms with Gasteiger partial charge in [-0.05, 0) is 54.7 Å². The lowest BCUT2D eigenvalue weighted by Crippen LogP contribution is -2.30. The van der Waals surface area contributed by atoms with Gasteiger partial charge < -0.3 is 10.2 Å². The molecule has 1 saturated heterocycles. The van der Waals surface area contributed by atoms with Gasteiger partial charge in [0.25, 0.3) is 0 Å². The number of carbonyl (C=O) groups is 1. The van der Waals surface area contributed by atoms with Crippen molar-refractivity contribution in [2.24, 2.45) is 0 Å². The van der Waals surface area contributed by atoms with Gasteiger partial charge in [0.15, 0.2) is 0 Å². The Bertz CT molecular complexity index is 930. The number of benzene rings is 2. The van der Waals surface area contributed by atoms with Crippen molar-refractivity contribution in [2.45, 2.75) is 26.2 Å². The number of carbonyl (C=O) groups excluding carboxylic acids is 1. The molecule has 0 saturated carbocycles. The molecular formula is C21H22N4O. The average molecular weight is 346 g/mol. The summed E-state index contributed by atoms with van der Waals surface area (Å²) in [7, 11) is 0. The van der Waals surface area contributed by atoms with Crippen molar-refractivity contribution in [3.63, 3.8) is 0 Å². The molecule has 5 nitrogen and oxygen atoms in total. The first-order valence-electron chi connectivity index (χ1n) is 9.08. The Labute approximate surface area is 153 Å². The fraction of sp³-hybridized carbons (Fsp3) is 0.286. The summed E-state index contributed by atoms with van der Waals surface area (Å²) in [5, 5.41) is 3.89. The van der Waals surface area contributed by atoms with Crippen LogP contribution in [0.2, 0.25) is 0 Å². The van der Waals surface area contributed by atoms with Crippen molar-refractivity contribution in [2.75, 3.05) is 23.3 Å². The van der Waals surface area contributed by atoms with Gasteiger partial charge in [0.2, 0.25) is 5.91 Å². The minimum atomic E-state index is -0.0632. The van der Waals surface area contributed by atoms with Crippen LogP contribution in [0.1, 0.15) is 26.2 Å². The highest BCUT2D eigenvalue weighted by atomic mass is 16.1. The van der Waals surface area contributed by atoms with E-state index in [2.05, 4.69) is 38.4 Å². The highest BCUT2D eigenvalue weighted by Crippen LogP contribution is 2.30. The first-order valence-corrected chi connectivity index (χ1v) is 9.08. The Balaban J connectivity index is 1.71. The number of hydrogen-bond donors (Lipinski definition) is 1. The Hall–Kier alpha value is -2.95. The predicted molar refractivity (Wildman–Crippen MR) is 105 cm³/mol. The number of anilines is 2. The molecule has 0 radical (unpaired) electrons. The predicted octanol–water partition coefficient (Wildman–Crippen LogP) is 4.25. The van der Waals surface area contributed by atoms with E-state index >= 15 is 0 Å². The number of nitrogens with one attached hydrogen (secondary N) is 1. The largest absolute Gasteiger partial charge is 0.356 e. The van der Waals surface area contributed by atoms with Gasteiger partial charge in [-0.25, -0.2) is 9.97 Å². The molecule has 0 aliphatic carbocycles. The number of aromatic nitrogens is 2. The van der Waals surface area contributed by atoms with Gasteiger partial charge in [-0.3, -0.25) is 4.79 Å². The molecule has 3 aromatic rings. The maximum absolute atomic E-state index is 11.2. The van der Waals surface area contributed by atoms with Crippen LogP contribution in [0, 0.1) is 0 Å². The summed E-state index contributed by atoms with van der Waals surface area (Å²) in [6, 6.07) is 14.2. The Kier molecular flexibility index (Phi) is 4.52. The fourth-order valence-corrected chi connectivity index (χ4v) is 3.53. The maximum Gasteiger partial charge on any atom is 0.221 e. The molecule has 1 N–H and O–H groups in total. The van der Waals surface area contributed by atoms with Crippen LogP contribution in [0.15, 0.2) is 48.8 Å². The van der Waals surface area contributed by atoms with Gasteiger partial charge in [-0.2, -0.15) is 0 Å². The molecule has 0 bridgehead atoms. The number of hydrogen-bond acceptors (Lipinski definition) is 4. The Morgan fingerprint density at radius 3 is 2.42 bits per heavy atom. The summed E-state index contributed by atoms with van der Waals surface area (Å²) in [6.45, 7) is 3.63. The van der Waals surface area contributed by atoms with Crippen LogP contribution in [0.25, 0.3) is 22.0 Å². The van der Waals surface area contributed by atoms with E-state index in [9.17, 15) is 4.79 Å². The third-order valence-electron chi connectivity index (χ3n) is 4.81. The molecule has 5 heteroatoms. The Morgan fingerprint density at radius 2 is 1.69 bits per heavy atom. The van der Waals surface area contributed by atoms with Crippen molar-refractivity contribution >= 4 is 28.3 Å². The molecule has 0 unspecified atom stereocenters. The van der Waals surface area contributed by atoms with Crippen LogP contribution in [0.5, 0.6) is 0 Å². The van der Waals surface area contributed by atoms with Crippen LogP contribution < -0.4 is 10.2 Å². The molecule has 1 amide bonds. The van der Waals surface area contributed by atoms with Gasteiger partial charge in [0.1, 0.15) is 12.1 Å². The zero-order chi connectivity index (χ0) is 17.9. The van der Waals surface area contributed by atoms with E-state index in [-0.39, 0.29) is 5.91 Å². The molecule has 1 fully saturated rings. The first-order chi connectivity index (χ1) is 12.7. The van der Waals surface area contributed by atoms with Crippen LogP contribution in [0.3, 0.4) is 0 Å². The third kappa shape index (κ3) is 3.38. The molecule has 0 atom stereocenters. The summed E-state index contributed by atoms with van der Waals surface area (Å²) in [5.74, 6) is 0.971. The number of fused-ring (bicyclic) bond motifs is 1. The number of amides is 1. The highest BCUT2D eigenvalue weighted by molar-refractivity contribution is 5.93. The molecular weight excluding hydrogens is 324 g/mol. The summed E-state index contributed by atoms with van der Waals surface area (Å²) in [6.07, 6.45) is 5.39. The lowest BCUT2D eigenvalue weighted by Gasteiger charge is -2.28. The zero-order valence-electron chi connectivity index (χ0n) is 14.9. The van der Waals surface area contributed by atoms with Gasteiger partial charge in [0.05, 0.1) is 5.52 Å². The number of rotatable bonds is 3. The smallest absolute Gasteiger partial charge is 0.221 e. The molecule has 1 aromatic heterocycles. The third-order valence-corrected chi connectivity index (χ3v) is 4.81. The molecule has 2 heterocycles. The second kappa shape index (κ2) is 7.12. The Morgan fingerprint density at radius 1 is 0.962 bits per heavy atom. The van der Waals surface area contributed by atoms with E-state index < -0.39 is 0 Å². The van der Waals surface area contributed by atoms with Gasteiger partial charge in [-0.15, -0.1) is 0 Å². The van der Waals surface area contributed by atoms with E-state index in [1.807, 2.05) is 24.3 Å². The van der Waals surface area contributed by atoms with Crippen molar-refractivity contribution in [1.29, 1.82) is 0 Å². The van der Waals surface area contributed by atoms with E-state index in [1.54, 1.807) is 6.33 Å². The minimum Gasteiger partial charge on any atom is -0.356 e. The molecule has 1 aliphatic heterocycles. The molecule has 26 heavy (non-hydrogen) atoms. The van der Waals surface area contributed by atoms with Crippen LogP contribution in [-0.2, 0) is 4.79 Å². The maximum atomic E-state index is 11.2. The monoisotopic (exact) mass is 346 g/mol. The second-order valence-electron chi connectivity index (χ2n) is 6.74. The summed E-state index contributed by atoms with van der Waals surface area (Å²) >= 11 is 0. The molecule has 0 spiro atoms. The van der Waals surface area contributed by atoms with Crippen molar-refractivity contribution in [3.8, 4) is 11.1 Å². The van der Waals surface area contributed by atoms with Gasteiger partial charge >= 0.3 is 0 Å². The highest BCUT2D eigenvalue weighted by Gasteiger charge is 2.15. The van der Waals surface area contributed by atoms with E-state index in [0.717, 1.165) is 46.6 Å². The zero-order valence-corrected chi connectivity index (χ0v) is 14.9. The summed E-state index contributed by atoms with van der Waals surface area (Å²) in [5.41, 5.74) is 4.01. The van der Waals surface area contributed by atoms with Crippen molar-refractivity contribution in [3.05, 3.63) is 48.8 Å². The summed E-state index contributed by atoms with van der Waals surface area (Å²) < 4.78 is 0. The van der Waals surface area contributed by atoms with Crippen LogP contribution >= 0.6 is 0 Å². The number of piperidine rings is 1. The quantitative estimate of drug-likeness (QED) is 0.770. The molecule has 1 aliphatic rings. The molecule has 2 aromatic carbocycles. The van der Waals surface area contributed by atoms with Gasteiger partial charge in [-0.1, -0.05) is 18.2 Å². The fourth-order valence-electron chi connectivity index (χ4n) is 3.53. The van der Waals surface area contributed by atoms with Crippen molar-refractivity contribution < 1.29 is 4.79 Å². The normalized spacial score (nSPS) is 14.4. The first kappa shape index (κ1) is 16.5. The van der Waals surface area contributed by atoms with Gasteiger partial charge in [0, 0.05) is 31.1 Å². The number of nitrogens with zero attached hydrogens (tertiary/aromatic N) is 3. The SMILES string of the molecule is CC(=O)Nc1ccc(-c2ccc3ncnc(N4CCCCC4)c3c2)cc1. The van der Waals surface area contributed by atoms with E-state index in [1.165, 1.54) is 26.2 Å². The summed E-state index contributed by atoms with van der Waals surface area (Å²) in [4.78, 5) is 22.6. The molecule has 4 rings (SSSR count). The molecule has 132 valence electrons. The second-order valence-corrected chi connectivity index (χ2v) is 6.74. The van der Waals surface area contributed by atoms with Crippen LogP contribution in [0.4, 0.5) is 11.5 Å². The lowest BCUT2D eigenvalue weighted by molar-refractivity contribution is -0.114. The topological polar surface area (TPSA) is 58.1 Å². The average Bonchev–Trinajstić information content (AvgIpc) is 2.68. The van der Waals surface area contributed by atoms with Crippen LogP contribution in [-0.4, -0.2) is 29.0 Å². The van der Waals surface area contributed by atoms with E-state index in [0.29, 0.717) is 0 Å². The minimum absolute atomic E-state index is 0.0632. The van der Waals surface area contributed by atoms with E-state index in [4.69, 9.17) is 0 Å². The standard InChI is InChI=1S/C21H22N4O/c1-15(26)24-18-8-5-16(6-9-18)17-7-10-20-19(13-17)21(23-14-22-20)25-11-3-2-4-12-25/h5-10,13-14H,2-4,11-12H2,1H3,(H,24,26).